The second-order valence-corrected chi connectivity index (χ2v) is 9.65. The highest BCUT2D eigenvalue weighted by Crippen LogP contribution is 2.44. The lowest BCUT2D eigenvalue weighted by Crippen LogP contribution is -2.27. The molecule has 1 aliphatic carbocycles. The number of hydrogen-bond acceptors (Lipinski definition) is 8. The second kappa shape index (κ2) is 19.6. The first kappa shape index (κ1) is 33.0. The number of aliphatic carboxylic acids is 1. The van der Waals surface area contributed by atoms with Gasteiger partial charge in [-0.1, -0.05) is 48.5 Å². The molecule has 2 aromatic carbocycles. The fourth-order valence-corrected chi connectivity index (χ4v) is 4.49. The zero-order chi connectivity index (χ0) is 29.8. The normalized spacial score (nSPS) is 12.0. The van der Waals surface area contributed by atoms with Crippen LogP contribution < -0.4 is 10.6 Å². The number of alkyl carbamates (subject to hydrolysis) is 1. The summed E-state index contributed by atoms with van der Waals surface area (Å²) in [5.41, 5.74) is 4.78. The highest BCUT2D eigenvalue weighted by molar-refractivity contribution is 5.80. The van der Waals surface area contributed by atoms with Crippen LogP contribution in [0.2, 0.25) is 0 Å². The Balaban J connectivity index is 1.07. The number of carboxylic acids is 1. The monoisotopic (exact) mass is 586 g/mol. The lowest BCUT2D eigenvalue weighted by molar-refractivity contribution is -0.138. The summed E-state index contributed by atoms with van der Waals surface area (Å²) >= 11 is 0. The van der Waals surface area contributed by atoms with Crippen molar-refractivity contribution in [3.8, 4) is 11.1 Å². The molecule has 42 heavy (non-hydrogen) atoms. The van der Waals surface area contributed by atoms with E-state index in [1.807, 2.05) is 24.3 Å². The van der Waals surface area contributed by atoms with Crippen molar-refractivity contribution in [2.24, 2.45) is 0 Å². The summed E-state index contributed by atoms with van der Waals surface area (Å²) in [4.78, 5) is 34.0. The molecule has 0 heterocycles. The van der Waals surface area contributed by atoms with Crippen LogP contribution in [-0.2, 0) is 33.3 Å². The maximum Gasteiger partial charge on any atom is 0.407 e. The van der Waals surface area contributed by atoms with E-state index >= 15 is 0 Å². The number of rotatable bonds is 22. The number of fused-ring (bicyclic) bond motifs is 3. The molecule has 0 unspecified atom stereocenters. The highest BCUT2D eigenvalue weighted by Gasteiger charge is 2.28. The summed E-state index contributed by atoms with van der Waals surface area (Å²) in [6.07, 6.45) is 0.713. The third-order valence-corrected chi connectivity index (χ3v) is 6.55. The summed E-state index contributed by atoms with van der Waals surface area (Å²) in [6.45, 7) is 4.91. The van der Waals surface area contributed by atoms with E-state index in [1.165, 1.54) is 22.3 Å². The van der Waals surface area contributed by atoms with Gasteiger partial charge >= 0.3 is 12.1 Å². The Kier molecular flexibility index (Phi) is 15.4. The average molecular weight is 587 g/mol. The Morgan fingerprint density at radius 1 is 0.643 bits per heavy atom. The van der Waals surface area contributed by atoms with E-state index in [-0.39, 0.29) is 24.7 Å². The first-order chi connectivity index (χ1) is 20.6. The number of benzene rings is 2. The smallest absolute Gasteiger partial charge is 0.407 e. The summed E-state index contributed by atoms with van der Waals surface area (Å²) in [6, 6.07) is 16.5. The van der Waals surface area contributed by atoms with E-state index in [0.29, 0.717) is 85.4 Å². The first-order valence-corrected chi connectivity index (χ1v) is 14.4. The molecule has 0 radical (unpaired) electrons. The quantitative estimate of drug-likeness (QED) is 0.177. The number of carbonyl (C=O) groups excluding carboxylic acids is 2. The van der Waals surface area contributed by atoms with Gasteiger partial charge in [-0.15, -0.1) is 0 Å². The Labute approximate surface area is 246 Å². The third kappa shape index (κ3) is 12.2. The Bertz CT molecular complexity index is 1070. The van der Waals surface area contributed by atoms with Crippen LogP contribution in [0.4, 0.5) is 4.79 Å². The molecule has 2 amide bonds. The highest BCUT2D eigenvalue weighted by atomic mass is 16.6. The zero-order valence-corrected chi connectivity index (χ0v) is 24.0. The number of nitrogens with one attached hydrogen (secondary N) is 2. The molecule has 0 fully saturated rings. The molecule has 230 valence electrons. The summed E-state index contributed by atoms with van der Waals surface area (Å²) in [5, 5.41) is 14.0. The molecule has 2 aromatic rings. The number of carboxylic acid groups (broad SMARTS) is 1. The summed E-state index contributed by atoms with van der Waals surface area (Å²) in [5.74, 6) is -1.21. The van der Waals surface area contributed by atoms with Crippen LogP contribution in [0.3, 0.4) is 0 Å². The van der Waals surface area contributed by atoms with Crippen molar-refractivity contribution >= 4 is 18.0 Å². The molecular formula is C31H42N2O9. The van der Waals surface area contributed by atoms with Crippen LogP contribution in [0, 0.1) is 0 Å². The molecule has 0 saturated heterocycles. The number of ether oxygens (including phenoxy) is 5. The molecule has 0 saturated carbocycles. The Morgan fingerprint density at radius 3 is 1.64 bits per heavy atom. The first-order valence-electron chi connectivity index (χ1n) is 14.4. The van der Waals surface area contributed by atoms with Gasteiger partial charge in [0.25, 0.3) is 0 Å². The van der Waals surface area contributed by atoms with E-state index in [4.69, 9.17) is 28.8 Å². The summed E-state index contributed by atoms with van der Waals surface area (Å²) in [7, 11) is 0. The van der Waals surface area contributed by atoms with E-state index in [1.54, 1.807) is 0 Å². The van der Waals surface area contributed by atoms with Crippen LogP contribution in [0.5, 0.6) is 0 Å². The SMILES string of the molecule is O=C(O)CCC(=O)NCCCOCCOCCOCCOCCCNC(=O)OCC1c2ccccc2-c2ccccc21. The van der Waals surface area contributed by atoms with E-state index in [0.717, 1.165) is 0 Å². The second-order valence-electron chi connectivity index (χ2n) is 9.65. The van der Waals surface area contributed by atoms with Crippen LogP contribution >= 0.6 is 0 Å². The van der Waals surface area contributed by atoms with Crippen molar-refractivity contribution in [1.29, 1.82) is 0 Å². The number of hydrogen-bond donors (Lipinski definition) is 3. The van der Waals surface area contributed by atoms with Gasteiger partial charge in [0.2, 0.25) is 5.91 Å². The predicted molar refractivity (Wildman–Crippen MR) is 155 cm³/mol. The molecule has 0 aliphatic heterocycles. The molecule has 11 heteroatoms. The van der Waals surface area contributed by atoms with Gasteiger partial charge in [-0.05, 0) is 35.1 Å². The van der Waals surface area contributed by atoms with Gasteiger partial charge in [0, 0.05) is 38.6 Å². The van der Waals surface area contributed by atoms with E-state index in [2.05, 4.69) is 34.9 Å². The lowest BCUT2D eigenvalue weighted by Gasteiger charge is -2.14. The maximum atomic E-state index is 12.2. The largest absolute Gasteiger partial charge is 0.481 e. The minimum Gasteiger partial charge on any atom is -0.481 e. The third-order valence-electron chi connectivity index (χ3n) is 6.55. The molecule has 0 bridgehead atoms. The van der Waals surface area contributed by atoms with Crippen LogP contribution in [0.1, 0.15) is 42.7 Å². The number of carbonyl (C=O) groups is 3. The topological polar surface area (TPSA) is 142 Å². The van der Waals surface area contributed by atoms with Gasteiger partial charge in [-0.3, -0.25) is 9.59 Å². The molecule has 3 N–H and O–H groups in total. The van der Waals surface area contributed by atoms with E-state index < -0.39 is 12.1 Å². The lowest BCUT2D eigenvalue weighted by atomic mass is 9.98. The van der Waals surface area contributed by atoms with Crippen molar-refractivity contribution in [3.63, 3.8) is 0 Å². The molecular weight excluding hydrogens is 544 g/mol. The Hall–Kier alpha value is -3.51. The molecule has 1 aliphatic rings. The molecule has 3 rings (SSSR count). The van der Waals surface area contributed by atoms with Gasteiger partial charge in [0.15, 0.2) is 0 Å². The van der Waals surface area contributed by atoms with Crippen LogP contribution in [0.25, 0.3) is 11.1 Å². The van der Waals surface area contributed by atoms with Crippen LogP contribution in [0.15, 0.2) is 48.5 Å². The number of amides is 2. The molecule has 0 atom stereocenters. The standard InChI is InChI=1S/C31H42N2O9/c34-29(11-12-30(35)36)32-13-5-15-38-17-19-40-21-22-41-20-18-39-16-6-14-33-31(37)42-23-28-26-9-3-1-7-24(26)25-8-2-4-10-27(25)28/h1-4,7-10,28H,5-6,11-23H2,(H,32,34)(H,33,37)(H,35,36). The van der Waals surface area contributed by atoms with Crippen molar-refractivity contribution in [3.05, 3.63) is 59.7 Å². The molecule has 11 nitrogen and oxygen atoms in total. The summed E-state index contributed by atoms with van der Waals surface area (Å²) < 4.78 is 27.4. The van der Waals surface area contributed by atoms with E-state index in [9.17, 15) is 14.4 Å². The maximum absolute atomic E-state index is 12.2. The predicted octanol–water partition coefficient (Wildman–Crippen LogP) is 3.35. The molecule has 0 aromatic heterocycles. The minimum absolute atomic E-state index is 0.0125. The van der Waals surface area contributed by atoms with Gasteiger partial charge in [-0.2, -0.15) is 0 Å². The molecule has 0 spiro atoms. The van der Waals surface area contributed by atoms with Gasteiger partial charge < -0.3 is 39.4 Å². The fraction of sp³-hybridized carbons (Fsp3) is 0.516. The van der Waals surface area contributed by atoms with Crippen molar-refractivity contribution in [2.75, 3.05) is 72.6 Å². The van der Waals surface area contributed by atoms with Crippen molar-refractivity contribution in [1.82, 2.24) is 10.6 Å². The van der Waals surface area contributed by atoms with Gasteiger partial charge in [0.1, 0.15) is 6.61 Å². The van der Waals surface area contributed by atoms with Crippen LogP contribution in [-0.4, -0.2) is 95.6 Å². The van der Waals surface area contributed by atoms with Gasteiger partial charge in [0.05, 0.1) is 46.1 Å². The van der Waals surface area contributed by atoms with Crippen molar-refractivity contribution < 1.29 is 43.2 Å². The van der Waals surface area contributed by atoms with Gasteiger partial charge in [-0.25, -0.2) is 4.79 Å². The zero-order valence-electron chi connectivity index (χ0n) is 24.0. The minimum atomic E-state index is -0.984. The van der Waals surface area contributed by atoms with Crippen molar-refractivity contribution in [2.45, 2.75) is 31.6 Å². The Morgan fingerprint density at radius 2 is 1.12 bits per heavy atom. The average Bonchev–Trinajstić information content (AvgIpc) is 3.32. The fourth-order valence-electron chi connectivity index (χ4n) is 4.49.